The summed E-state index contributed by atoms with van der Waals surface area (Å²) < 4.78 is 39.7. The minimum Gasteiger partial charge on any atom is -0.399 e. The Bertz CT molecular complexity index is 576. The molecule has 0 bridgehead atoms. The molecule has 19 heavy (non-hydrogen) atoms. The first-order valence-electron chi connectivity index (χ1n) is 5.55. The van der Waals surface area contributed by atoms with Gasteiger partial charge in [0, 0.05) is 12.2 Å². The molecule has 0 fully saturated rings. The molecular formula is C11H16ClFN2O3S. The first-order chi connectivity index (χ1) is 8.59. The van der Waals surface area contributed by atoms with Crippen LogP contribution in [0.1, 0.15) is 20.3 Å². The molecule has 0 heterocycles. The van der Waals surface area contributed by atoms with Crippen LogP contribution in [-0.4, -0.2) is 25.7 Å². The average molecular weight is 311 g/mol. The number of hydrogen-bond acceptors (Lipinski definition) is 4. The molecule has 0 aliphatic rings. The van der Waals surface area contributed by atoms with E-state index in [9.17, 15) is 17.9 Å². The van der Waals surface area contributed by atoms with Crippen LogP contribution in [0.4, 0.5) is 10.1 Å². The lowest BCUT2D eigenvalue weighted by molar-refractivity contribution is 0.0613. The van der Waals surface area contributed by atoms with Gasteiger partial charge in [0.2, 0.25) is 10.0 Å². The highest BCUT2D eigenvalue weighted by atomic mass is 35.5. The van der Waals surface area contributed by atoms with Crippen molar-refractivity contribution in [3.8, 4) is 0 Å². The number of benzene rings is 1. The molecular weight excluding hydrogens is 295 g/mol. The van der Waals surface area contributed by atoms with Gasteiger partial charge in [0.15, 0.2) is 5.82 Å². The van der Waals surface area contributed by atoms with Crippen LogP contribution < -0.4 is 10.5 Å². The summed E-state index contributed by atoms with van der Waals surface area (Å²) in [5, 5.41) is 9.37. The Morgan fingerprint density at radius 1 is 1.53 bits per heavy atom. The SMILES string of the molecule is CCC(C)(O)CNS(=O)(=O)c1cc(N)cc(Cl)c1F. The van der Waals surface area contributed by atoms with E-state index in [1.807, 2.05) is 0 Å². The summed E-state index contributed by atoms with van der Waals surface area (Å²) in [6.45, 7) is 2.93. The summed E-state index contributed by atoms with van der Waals surface area (Å²) in [7, 11) is -4.13. The van der Waals surface area contributed by atoms with Gasteiger partial charge in [-0.2, -0.15) is 0 Å². The zero-order chi connectivity index (χ0) is 14.8. The summed E-state index contributed by atoms with van der Waals surface area (Å²) in [5.41, 5.74) is 4.26. The summed E-state index contributed by atoms with van der Waals surface area (Å²) in [6, 6.07) is 2.10. The number of nitrogens with two attached hydrogens (primary N) is 1. The zero-order valence-corrected chi connectivity index (χ0v) is 12.1. The van der Waals surface area contributed by atoms with Gasteiger partial charge in [-0.05, 0) is 25.5 Å². The van der Waals surface area contributed by atoms with E-state index in [0.717, 1.165) is 12.1 Å². The predicted molar refractivity (Wildman–Crippen MR) is 71.9 cm³/mol. The second kappa shape index (κ2) is 5.62. The van der Waals surface area contributed by atoms with Gasteiger partial charge in [0.05, 0.1) is 10.6 Å². The van der Waals surface area contributed by atoms with Gasteiger partial charge in [0.1, 0.15) is 4.90 Å². The summed E-state index contributed by atoms with van der Waals surface area (Å²) in [4.78, 5) is -0.635. The molecule has 1 aromatic carbocycles. The third-order valence-electron chi connectivity index (χ3n) is 2.71. The fraction of sp³-hybridized carbons (Fsp3) is 0.455. The van der Waals surface area contributed by atoms with E-state index in [1.54, 1.807) is 6.92 Å². The molecule has 0 amide bonds. The van der Waals surface area contributed by atoms with Gasteiger partial charge in [-0.15, -0.1) is 0 Å². The highest BCUT2D eigenvalue weighted by Gasteiger charge is 2.25. The zero-order valence-electron chi connectivity index (χ0n) is 10.6. The van der Waals surface area contributed by atoms with Crippen LogP contribution in [0.25, 0.3) is 0 Å². The van der Waals surface area contributed by atoms with Crippen molar-refractivity contribution in [2.45, 2.75) is 30.8 Å². The predicted octanol–water partition coefficient (Wildman–Crippen LogP) is 1.50. The van der Waals surface area contributed by atoms with Gasteiger partial charge in [-0.1, -0.05) is 18.5 Å². The summed E-state index contributed by atoms with van der Waals surface area (Å²) in [5.74, 6) is -1.07. The molecule has 5 nitrogen and oxygen atoms in total. The maximum atomic E-state index is 13.7. The second-order valence-electron chi connectivity index (χ2n) is 4.49. The molecule has 1 rings (SSSR count). The Morgan fingerprint density at radius 3 is 2.63 bits per heavy atom. The van der Waals surface area contributed by atoms with Crippen molar-refractivity contribution < 1.29 is 17.9 Å². The van der Waals surface area contributed by atoms with Crippen molar-refractivity contribution in [2.75, 3.05) is 12.3 Å². The van der Waals surface area contributed by atoms with Gasteiger partial charge in [-0.25, -0.2) is 17.5 Å². The van der Waals surface area contributed by atoms with Gasteiger partial charge >= 0.3 is 0 Å². The third-order valence-corrected chi connectivity index (χ3v) is 4.39. The molecule has 4 N–H and O–H groups in total. The van der Waals surface area contributed by atoms with Crippen LogP contribution in [0, 0.1) is 5.82 Å². The minimum atomic E-state index is -4.13. The normalized spacial score (nSPS) is 15.2. The molecule has 1 atom stereocenters. The molecule has 108 valence electrons. The van der Waals surface area contributed by atoms with Crippen molar-refractivity contribution in [2.24, 2.45) is 0 Å². The van der Waals surface area contributed by atoms with Crippen molar-refractivity contribution in [1.29, 1.82) is 0 Å². The molecule has 0 aliphatic heterocycles. The van der Waals surface area contributed by atoms with E-state index < -0.39 is 26.3 Å². The monoisotopic (exact) mass is 310 g/mol. The molecule has 1 unspecified atom stereocenters. The van der Waals surface area contributed by atoms with E-state index in [4.69, 9.17) is 17.3 Å². The standard InChI is InChI=1S/C11H16ClFN2O3S/c1-3-11(2,16)6-15-19(17,18)9-5-7(14)4-8(12)10(9)13/h4-5,15-16H,3,6,14H2,1-2H3. The Balaban J connectivity index is 3.08. The number of nitrogens with one attached hydrogen (secondary N) is 1. The first kappa shape index (κ1) is 16.2. The number of halogens is 2. The van der Waals surface area contributed by atoms with Crippen molar-refractivity contribution in [1.82, 2.24) is 4.72 Å². The van der Waals surface area contributed by atoms with Crippen LogP contribution in [0.2, 0.25) is 5.02 Å². The smallest absolute Gasteiger partial charge is 0.243 e. The maximum absolute atomic E-state index is 13.7. The number of aliphatic hydroxyl groups is 1. The topological polar surface area (TPSA) is 92.4 Å². The number of nitrogen functional groups attached to an aromatic ring is 1. The van der Waals surface area contributed by atoms with E-state index >= 15 is 0 Å². The number of rotatable bonds is 5. The fourth-order valence-electron chi connectivity index (χ4n) is 1.23. The van der Waals surface area contributed by atoms with Crippen molar-refractivity contribution >= 4 is 27.3 Å². The quantitative estimate of drug-likeness (QED) is 0.719. The number of hydrogen-bond donors (Lipinski definition) is 3. The van der Waals surface area contributed by atoms with E-state index in [-0.39, 0.29) is 17.3 Å². The molecule has 0 spiro atoms. The molecule has 0 aromatic heterocycles. The lowest BCUT2D eigenvalue weighted by Gasteiger charge is -2.21. The molecule has 0 aliphatic carbocycles. The highest BCUT2D eigenvalue weighted by molar-refractivity contribution is 7.89. The van der Waals surface area contributed by atoms with Crippen LogP contribution >= 0.6 is 11.6 Å². The van der Waals surface area contributed by atoms with Crippen LogP contribution in [0.15, 0.2) is 17.0 Å². The minimum absolute atomic E-state index is 0.0361. The molecule has 1 aromatic rings. The highest BCUT2D eigenvalue weighted by Crippen LogP contribution is 2.25. The van der Waals surface area contributed by atoms with E-state index in [2.05, 4.69) is 4.72 Å². The first-order valence-corrected chi connectivity index (χ1v) is 7.42. The van der Waals surface area contributed by atoms with Crippen molar-refractivity contribution in [3.63, 3.8) is 0 Å². The maximum Gasteiger partial charge on any atom is 0.243 e. The lowest BCUT2D eigenvalue weighted by atomic mass is 10.1. The van der Waals surface area contributed by atoms with Gasteiger partial charge in [-0.3, -0.25) is 0 Å². The Morgan fingerprint density at radius 2 is 2.11 bits per heavy atom. The summed E-state index contributed by atoms with van der Waals surface area (Å²) >= 11 is 5.55. The number of anilines is 1. The Labute approximate surface area is 116 Å². The molecule has 0 saturated heterocycles. The van der Waals surface area contributed by atoms with Gasteiger partial charge < -0.3 is 10.8 Å². The Kier molecular flexibility index (Phi) is 4.78. The van der Waals surface area contributed by atoms with Crippen LogP contribution in [0.3, 0.4) is 0 Å². The molecule has 8 heteroatoms. The molecule has 0 saturated carbocycles. The van der Waals surface area contributed by atoms with E-state index in [1.165, 1.54) is 6.92 Å². The summed E-state index contributed by atoms with van der Waals surface area (Å²) in [6.07, 6.45) is 0.343. The third kappa shape index (κ3) is 4.04. The van der Waals surface area contributed by atoms with E-state index in [0.29, 0.717) is 6.42 Å². The van der Waals surface area contributed by atoms with Crippen LogP contribution in [-0.2, 0) is 10.0 Å². The molecule has 0 radical (unpaired) electrons. The fourth-order valence-corrected chi connectivity index (χ4v) is 2.81. The van der Waals surface area contributed by atoms with Crippen molar-refractivity contribution in [3.05, 3.63) is 23.0 Å². The second-order valence-corrected chi connectivity index (χ2v) is 6.63. The number of sulfonamides is 1. The average Bonchev–Trinajstić information content (AvgIpc) is 2.31. The lowest BCUT2D eigenvalue weighted by Crippen LogP contribution is -2.40. The van der Waals surface area contributed by atoms with Crippen LogP contribution in [0.5, 0.6) is 0 Å². The van der Waals surface area contributed by atoms with Gasteiger partial charge in [0.25, 0.3) is 0 Å². The Hall–Kier alpha value is -0.890. The largest absolute Gasteiger partial charge is 0.399 e.